The van der Waals surface area contributed by atoms with Crippen molar-refractivity contribution < 1.29 is 4.79 Å². The van der Waals surface area contributed by atoms with Gasteiger partial charge >= 0.3 is 0 Å². The van der Waals surface area contributed by atoms with E-state index in [0.717, 1.165) is 39.3 Å². The Bertz CT molecular complexity index is 297. The molecule has 0 aromatic heterocycles. The molecule has 0 aromatic carbocycles. The Hall–Kier alpha value is -0.610. The maximum atomic E-state index is 12.7. The van der Waals surface area contributed by atoms with Crippen molar-refractivity contribution >= 4 is 5.91 Å². The second-order valence-corrected chi connectivity index (χ2v) is 6.11. The van der Waals surface area contributed by atoms with Crippen molar-refractivity contribution in [2.24, 2.45) is 5.92 Å². The van der Waals surface area contributed by atoms with Gasteiger partial charge in [0.15, 0.2) is 0 Å². The Morgan fingerprint density at radius 1 is 1.28 bits per heavy atom. The lowest BCUT2D eigenvalue weighted by molar-refractivity contribution is -0.142. The van der Waals surface area contributed by atoms with Gasteiger partial charge in [0.05, 0.1) is 5.54 Å². The molecule has 0 aromatic rings. The van der Waals surface area contributed by atoms with Crippen LogP contribution in [-0.2, 0) is 4.79 Å². The van der Waals surface area contributed by atoms with Crippen LogP contribution >= 0.6 is 0 Å². The van der Waals surface area contributed by atoms with E-state index in [2.05, 4.69) is 35.9 Å². The number of rotatable bonds is 3. The Morgan fingerprint density at radius 2 is 1.94 bits per heavy atom. The highest BCUT2D eigenvalue weighted by molar-refractivity contribution is 5.85. The first kappa shape index (κ1) is 13.8. The molecule has 18 heavy (non-hydrogen) atoms. The maximum absolute atomic E-state index is 12.7. The van der Waals surface area contributed by atoms with Gasteiger partial charge in [0.2, 0.25) is 5.91 Å². The van der Waals surface area contributed by atoms with Crippen LogP contribution in [0.1, 0.15) is 33.6 Å². The maximum Gasteiger partial charge on any atom is 0.242 e. The van der Waals surface area contributed by atoms with Gasteiger partial charge < -0.3 is 10.2 Å². The predicted octanol–water partition coefficient (Wildman–Crippen LogP) is 0.929. The molecule has 1 amide bonds. The molecule has 0 bridgehead atoms. The van der Waals surface area contributed by atoms with E-state index in [1.54, 1.807) is 0 Å². The summed E-state index contributed by atoms with van der Waals surface area (Å²) >= 11 is 0. The zero-order valence-electron chi connectivity index (χ0n) is 12.0. The number of likely N-dealkylation sites (tertiary alicyclic amines) is 1. The highest BCUT2D eigenvalue weighted by Crippen LogP contribution is 2.25. The van der Waals surface area contributed by atoms with Gasteiger partial charge in [0, 0.05) is 39.3 Å². The summed E-state index contributed by atoms with van der Waals surface area (Å²) in [5.74, 6) is 1.04. The average Bonchev–Trinajstić information content (AvgIpc) is 2.87. The fourth-order valence-electron chi connectivity index (χ4n) is 3.10. The molecule has 2 fully saturated rings. The Morgan fingerprint density at radius 3 is 2.50 bits per heavy atom. The third-order valence-electron chi connectivity index (χ3n) is 4.58. The number of carbonyl (C=O) groups excluding carboxylic acids is 1. The number of hydrogen-bond donors (Lipinski definition) is 1. The van der Waals surface area contributed by atoms with Gasteiger partial charge in [-0.25, -0.2) is 0 Å². The largest absolute Gasteiger partial charge is 0.341 e. The van der Waals surface area contributed by atoms with Crippen LogP contribution in [-0.4, -0.2) is 60.5 Å². The second-order valence-electron chi connectivity index (χ2n) is 6.11. The summed E-state index contributed by atoms with van der Waals surface area (Å²) in [4.78, 5) is 17.1. The summed E-state index contributed by atoms with van der Waals surface area (Å²) in [5, 5.41) is 3.34. The lowest BCUT2D eigenvalue weighted by Gasteiger charge is -2.41. The SMILES string of the molecule is CCC1CCN(C(=O)C(C)(C)N2CCNCC2)C1. The number of nitrogens with zero attached hydrogens (tertiary/aromatic N) is 2. The van der Waals surface area contributed by atoms with Crippen LogP contribution in [0.4, 0.5) is 0 Å². The molecule has 1 N–H and O–H groups in total. The van der Waals surface area contributed by atoms with Crippen LogP contribution < -0.4 is 5.32 Å². The van der Waals surface area contributed by atoms with Crippen LogP contribution in [0.3, 0.4) is 0 Å². The first-order valence-corrected chi connectivity index (χ1v) is 7.31. The molecule has 0 saturated carbocycles. The van der Waals surface area contributed by atoms with Gasteiger partial charge in [0.25, 0.3) is 0 Å². The van der Waals surface area contributed by atoms with Crippen LogP contribution in [0, 0.1) is 5.92 Å². The van der Waals surface area contributed by atoms with E-state index in [9.17, 15) is 4.79 Å². The fraction of sp³-hybridized carbons (Fsp3) is 0.929. The molecule has 2 aliphatic rings. The molecule has 4 heteroatoms. The van der Waals surface area contributed by atoms with Crippen LogP contribution in [0.5, 0.6) is 0 Å². The van der Waals surface area contributed by atoms with Gasteiger partial charge in [-0.3, -0.25) is 9.69 Å². The zero-order chi connectivity index (χ0) is 13.2. The van der Waals surface area contributed by atoms with E-state index >= 15 is 0 Å². The fourth-order valence-corrected chi connectivity index (χ4v) is 3.10. The van der Waals surface area contributed by atoms with Gasteiger partial charge in [-0.1, -0.05) is 13.3 Å². The lowest BCUT2D eigenvalue weighted by Crippen LogP contribution is -2.60. The summed E-state index contributed by atoms with van der Waals surface area (Å²) in [6, 6.07) is 0. The first-order chi connectivity index (χ1) is 8.55. The van der Waals surface area contributed by atoms with Crippen LogP contribution in [0.2, 0.25) is 0 Å². The summed E-state index contributed by atoms with van der Waals surface area (Å²) < 4.78 is 0. The van der Waals surface area contributed by atoms with E-state index in [-0.39, 0.29) is 5.54 Å². The predicted molar refractivity (Wildman–Crippen MR) is 73.5 cm³/mol. The third-order valence-corrected chi connectivity index (χ3v) is 4.58. The van der Waals surface area contributed by atoms with E-state index in [1.807, 2.05) is 0 Å². The third kappa shape index (κ3) is 2.69. The topological polar surface area (TPSA) is 35.6 Å². The minimum Gasteiger partial charge on any atom is -0.341 e. The molecule has 0 radical (unpaired) electrons. The highest BCUT2D eigenvalue weighted by Gasteiger charge is 2.39. The molecule has 4 nitrogen and oxygen atoms in total. The van der Waals surface area contributed by atoms with Gasteiger partial charge in [-0.15, -0.1) is 0 Å². The van der Waals surface area contributed by atoms with Crippen molar-refractivity contribution in [1.82, 2.24) is 15.1 Å². The smallest absolute Gasteiger partial charge is 0.242 e. The van der Waals surface area contributed by atoms with Crippen molar-refractivity contribution in [2.75, 3.05) is 39.3 Å². The van der Waals surface area contributed by atoms with E-state index in [1.165, 1.54) is 12.8 Å². The molecule has 2 heterocycles. The Kier molecular flexibility index (Phi) is 4.28. The Labute approximate surface area is 111 Å². The van der Waals surface area contributed by atoms with E-state index in [0.29, 0.717) is 11.8 Å². The zero-order valence-corrected chi connectivity index (χ0v) is 12.0. The van der Waals surface area contributed by atoms with E-state index in [4.69, 9.17) is 0 Å². The number of piperazine rings is 1. The molecule has 104 valence electrons. The highest BCUT2D eigenvalue weighted by atomic mass is 16.2. The first-order valence-electron chi connectivity index (χ1n) is 7.31. The second kappa shape index (κ2) is 5.57. The molecular formula is C14H27N3O. The molecule has 1 unspecified atom stereocenters. The molecule has 2 rings (SSSR count). The number of carbonyl (C=O) groups is 1. The molecule has 0 aliphatic carbocycles. The minimum atomic E-state index is -0.343. The molecule has 0 spiro atoms. The summed E-state index contributed by atoms with van der Waals surface area (Å²) in [6.45, 7) is 12.2. The summed E-state index contributed by atoms with van der Waals surface area (Å²) in [7, 11) is 0. The number of amides is 1. The summed E-state index contributed by atoms with van der Waals surface area (Å²) in [6.07, 6.45) is 2.37. The van der Waals surface area contributed by atoms with Crippen molar-refractivity contribution in [2.45, 2.75) is 39.2 Å². The number of nitrogens with one attached hydrogen (secondary N) is 1. The number of hydrogen-bond acceptors (Lipinski definition) is 3. The van der Waals surface area contributed by atoms with Gasteiger partial charge in [0.1, 0.15) is 0 Å². The van der Waals surface area contributed by atoms with Gasteiger partial charge in [-0.05, 0) is 26.2 Å². The molecule has 1 atom stereocenters. The van der Waals surface area contributed by atoms with Crippen molar-refractivity contribution in [3.63, 3.8) is 0 Å². The van der Waals surface area contributed by atoms with Crippen LogP contribution in [0.15, 0.2) is 0 Å². The standard InChI is InChI=1S/C14H27N3O/c1-4-12-5-8-16(11-12)13(18)14(2,3)17-9-6-15-7-10-17/h12,15H,4-11H2,1-3H3. The molecular weight excluding hydrogens is 226 g/mol. The van der Waals surface area contributed by atoms with Crippen LogP contribution in [0.25, 0.3) is 0 Å². The van der Waals surface area contributed by atoms with Crippen molar-refractivity contribution in [3.8, 4) is 0 Å². The molecule has 2 saturated heterocycles. The van der Waals surface area contributed by atoms with Crippen molar-refractivity contribution in [1.29, 1.82) is 0 Å². The normalized spacial score (nSPS) is 26.6. The Balaban J connectivity index is 1.98. The summed E-state index contributed by atoms with van der Waals surface area (Å²) in [5.41, 5.74) is -0.343. The van der Waals surface area contributed by atoms with Gasteiger partial charge in [-0.2, -0.15) is 0 Å². The minimum absolute atomic E-state index is 0.320. The quantitative estimate of drug-likeness (QED) is 0.813. The monoisotopic (exact) mass is 253 g/mol. The lowest BCUT2D eigenvalue weighted by atomic mass is 9.99. The molecule has 2 aliphatic heterocycles. The van der Waals surface area contributed by atoms with E-state index < -0.39 is 0 Å². The van der Waals surface area contributed by atoms with Crippen molar-refractivity contribution in [3.05, 3.63) is 0 Å². The average molecular weight is 253 g/mol.